The summed E-state index contributed by atoms with van der Waals surface area (Å²) in [4.78, 5) is 2.09. The number of aryl methyl sites for hydroxylation is 1. The number of thiocarbonyl (C=S) groups is 1. The Hall–Kier alpha value is -3.12. The standard InChI is InChI=1S/C22H25N5S/c1-16-14-18(15-23-25-22(28)24-19-8-6-5-7-9-19)17(2)27(16)21-12-10-20(11-13-21)26(3)4/h5-15H,1-4H3,(H2,24,25,28)/b23-15-. The van der Waals surface area contributed by atoms with Crippen LogP contribution in [-0.4, -0.2) is 30.0 Å². The van der Waals surface area contributed by atoms with Gasteiger partial charge in [0, 0.05) is 48.1 Å². The molecule has 1 aromatic heterocycles. The lowest BCUT2D eigenvalue weighted by molar-refractivity contribution is 0.963. The zero-order valence-corrected chi connectivity index (χ0v) is 17.4. The number of para-hydroxylation sites is 1. The van der Waals surface area contributed by atoms with E-state index in [1.165, 1.54) is 5.69 Å². The summed E-state index contributed by atoms with van der Waals surface area (Å²) >= 11 is 5.28. The molecule has 6 heteroatoms. The van der Waals surface area contributed by atoms with E-state index in [1.807, 2.05) is 44.4 Å². The SMILES string of the molecule is Cc1cc(/C=N\NC(=S)Nc2ccccc2)c(C)n1-c1ccc(N(C)C)cc1. The Kier molecular flexibility index (Phi) is 6.11. The number of hydrogen-bond donors (Lipinski definition) is 2. The fraction of sp³-hybridized carbons (Fsp3) is 0.182. The molecule has 0 aliphatic carbocycles. The van der Waals surface area contributed by atoms with E-state index >= 15 is 0 Å². The predicted octanol–water partition coefficient (Wildman–Crippen LogP) is 4.48. The van der Waals surface area contributed by atoms with Crippen molar-refractivity contribution in [1.29, 1.82) is 0 Å². The van der Waals surface area contributed by atoms with Crippen LogP contribution in [0.2, 0.25) is 0 Å². The molecule has 28 heavy (non-hydrogen) atoms. The zero-order valence-electron chi connectivity index (χ0n) is 16.6. The third kappa shape index (κ3) is 4.58. The zero-order chi connectivity index (χ0) is 20.1. The number of nitrogens with one attached hydrogen (secondary N) is 2. The van der Waals surface area contributed by atoms with Crippen LogP contribution < -0.4 is 15.6 Å². The average Bonchev–Trinajstić information content (AvgIpc) is 2.96. The summed E-state index contributed by atoms with van der Waals surface area (Å²) in [6.45, 7) is 4.19. The van der Waals surface area contributed by atoms with Crippen molar-refractivity contribution >= 4 is 34.9 Å². The summed E-state index contributed by atoms with van der Waals surface area (Å²) in [6, 6.07) is 20.4. The molecule has 2 N–H and O–H groups in total. The second-order valence-electron chi connectivity index (χ2n) is 6.76. The number of hydrazone groups is 1. The molecule has 0 radical (unpaired) electrons. The van der Waals surface area contributed by atoms with Gasteiger partial charge in [0.2, 0.25) is 0 Å². The minimum absolute atomic E-state index is 0.454. The van der Waals surface area contributed by atoms with Crippen molar-refractivity contribution in [3.05, 3.63) is 77.6 Å². The first-order valence-corrected chi connectivity index (χ1v) is 9.48. The number of rotatable bonds is 5. The first kappa shape index (κ1) is 19.6. The predicted molar refractivity (Wildman–Crippen MR) is 123 cm³/mol. The Labute approximate surface area is 171 Å². The lowest BCUT2D eigenvalue weighted by Gasteiger charge is -2.14. The Balaban J connectivity index is 1.71. The van der Waals surface area contributed by atoms with E-state index in [0.29, 0.717) is 5.11 Å². The number of nitrogens with zero attached hydrogens (tertiary/aromatic N) is 3. The molecule has 0 unspecified atom stereocenters. The molecule has 0 fully saturated rings. The number of benzene rings is 2. The summed E-state index contributed by atoms with van der Waals surface area (Å²) in [5, 5.41) is 7.84. The maximum Gasteiger partial charge on any atom is 0.191 e. The number of hydrogen-bond acceptors (Lipinski definition) is 3. The van der Waals surface area contributed by atoms with Gasteiger partial charge in [0.25, 0.3) is 0 Å². The highest BCUT2D eigenvalue weighted by Crippen LogP contribution is 2.22. The van der Waals surface area contributed by atoms with E-state index in [-0.39, 0.29) is 0 Å². The normalized spacial score (nSPS) is 10.9. The molecule has 0 atom stereocenters. The van der Waals surface area contributed by atoms with Crippen LogP contribution in [0.3, 0.4) is 0 Å². The maximum atomic E-state index is 5.28. The molecule has 0 spiro atoms. The second-order valence-corrected chi connectivity index (χ2v) is 7.17. The second kappa shape index (κ2) is 8.71. The van der Waals surface area contributed by atoms with Gasteiger partial charge in [-0.15, -0.1) is 0 Å². The van der Waals surface area contributed by atoms with Crippen LogP contribution in [0.4, 0.5) is 11.4 Å². The molecule has 5 nitrogen and oxygen atoms in total. The van der Waals surface area contributed by atoms with E-state index in [9.17, 15) is 0 Å². The molecule has 3 aromatic rings. The quantitative estimate of drug-likeness (QED) is 0.382. The number of anilines is 2. The molecule has 0 saturated heterocycles. The summed E-state index contributed by atoms with van der Waals surface area (Å²) in [6.07, 6.45) is 1.80. The minimum Gasteiger partial charge on any atom is -0.378 e. The van der Waals surface area contributed by atoms with E-state index in [0.717, 1.165) is 28.3 Å². The van der Waals surface area contributed by atoms with Gasteiger partial charge in [0.1, 0.15) is 0 Å². The van der Waals surface area contributed by atoms with Crippen LogP contribution in [0.15, 0.2) is 65.8 Å². The van der Waals surface area contributed by atoms with Crippen molar-refractivity contribution in [1.82, 2.24) is 9.99 Å². The largest absolute Gasteiger partial charge is 0.378 e. The molecular formula is C22H25N5S. The highest BCUT2D eigenvalue weighted by Gasteiger charge is 2.09. The smallest absolute Gasteiger partial charge is 0.191 e. The van der Waals surface area contributed by atoms with Crippen molar-refractivity contribution < 1.29 is 0 Å². The van der Waals surface area contributed by atoms with Gasteiger partial charge in [-0.05, 0) is 68.5 Å². The first-order valence-electron chi connectivity index (χ1n) is 9.07. The van der Waals surface area contributed by atoms with Crippen LogP contribution in [0.25, 0.3) is 5.69 Å². The van der Waals surface area contributed by atoms with Crippen molar-refractivity contribution in [2.45, 2.75) is 13.8 Å². The van der Waals surface area contributed by atoms with Crippen LogP contribution in [0.1, 0.15) is 17.0 Å². The van der Waals surface area contributed by atoms with Crippen molar-refractivity contribution in [3.8, 4) is 5.69 Å². The molecular weight excluding hydrogens is 366 g/mol. The lowest BCUT2D eigenvalue weighted by Crippen LogP contribution is -2.23. The first-order chi connectivity index (χ1) is 13.5. The van der Waals surface area contributed by atoms with Crippen molar-refractivity contribution in [2.75, 3.05) is 24.3 Å². The molecule has 2 aromatic carbocycles. The topological polar surface area (TPSA) is 44.6 Å². The van der Waals surface area contributed by atoms with Gasteiger partial charge < -0.3 is 14.8 Å². The molecule has 3 rings (SSSR count). The van der Waals surface area contributed by atoms with E-state index in [1.54, 1.807) is 6.21 Å². The molecule has 0 bridgehead atoms. The molecule has 0 aliphatic heterocycles. The minimum atomic E-state index is 0.454. The van der Waals surface area contributed by atoms with E-state index in [2.05, 4.69) is 69.5 Å². The third-order valence-electron chi connectivity index (χ3n) is 4.50. The highest BCUT2D eigenvalue weighted by molar-refractivity contribution is 7.80. The Morgan fingerprint density at radius 1 is 1.04 bits per heavy atom. The van der Waals surface area contributed by atoms with Gasteiger partial charge in [-0.3, -0.25) is 5.43 Å². The number of aromatic nitrogens is 1. The monoisotopic (exact) mass is 391 g/mol. The van der Waals surface area contributed by atoms with Gasteiger partial charge in [0.15, 0.2) is 5.11 Å². The van der Waals surface area contributed by atoms with E-state index < -0.39 is 0 Å². The Morgan fingerprint density at radius 3 is 2.36 bits per heavy atom. The summed E-state index contributed by atoms with van der Waals surface area (Å²) in [7, 11) is 4.08. The average molecular weight is 392 g/mol. The van der Waals surface area contributed by atoms with Gasteiger partial charge >= 0.3 is 0 Å². The van der Waals surface area contributed by atoms with Gasteiger partial charge in [-0.25, -0.2) is 0 Å². The summed E-state index contributed by atoms with van der Waals surface area (Å²) < 4.78 is 2.22. The molecule has 1 heterocycles. The Morgan fingerprint density at radius 2 is 1.71 bits per heavy atom. The highest BCUT2D eigenvalue weighted by atomic mass is 32.1. The maximum absolute atomic E-state index is 5.28. The molecule has 0 aliphatic rings. The lowest BCUT2D eigenvalue weighted by atomic mass is 10.2. The molecule has 144 valence electrons. The van der Waals surface area contributed by atoms with Crippen molar-refractivity contribution in [2.24, 2.45) is 5.10 Å². The van der Waals surface area contributed by atoms with Crippen molar-refractivity contribution in [3.63, 3.8) is 0 Å². The van der Waals surface area contributed by atoms with Gasteiger partial charge in [-0.2, -0.15) is 5.10 Å². The van der Waals surface area contributed by atoms with Crippen LogP contribution in [0.5, 0.6) is 0 Å². The van der Waals surface area contributed by atoms with E-state index in [4.69, 9.17) is 12.2 Å². The van der Waals surface area contributed by atoms with Crippen LogP contribution >= 0.6 is 12.2 Å². The van der Waals surface area contributed by atoms with Crippen LogP contribution in [0, 0.1) is 13.8 Å². The van der Waals surface area contributed by atoms with Gasteiger partial charge in [-0.1, -0.05) is 18.2 Å². The molecule has 0 saturated carbocycles. The fourth-order valence-electron chi connectivity index (χ4n) is 3.06. The fourth-order valence-corrected chi connectivity index (χ4v) is 3.23. The summed E-state index contributed by atoms with van der Waals surface area (Å²) in [5.41, 5.74) is 9.43. The van der Waals surface area contributed by atoms with Gasteiger partial charge in [0.05, 0.1) is 6.21 Å². The third-order valence-corrected chi connectivity index (χ3v) is 4.69. The molecule has 0 amide bonds. The summed E-state index contributed by atoms with van der Waals surface area (Å²) in [5.74, 6) is 0. The van der Waals surface area contributed by atoms with Crippen LogP contribution in [-0.2, 0) is 0 Å². The Bertz CT molecular complexity index is 972.